The maximum atomic E-state index is 13.5. The molecule has 0 aliphatic heterocycles. The predicted octanol–water partition coefficient (Wildman–Crippen LogP) is 5.68. The molecule has 0 bridgehead atoms. The molecule has 4 aromatic rings. The molecule has 10 heteroatoms. The molecule has 0 atom stereocenters. The minimum absolute atomic E-state index is 0.187. The Kier molecular flexibility index (Phi) is 5.35. The molecule has 0 radical (unpaired) electrons. The average molecular weight is 441 g/mol. The molecule has 0 spiro atoms. The minimum Gasteiger partial charge on any atom is -0.368 e. The van der Waals surface area contributed by atoms with E-state index in [1.54, 1.807) is 30.5 Å². The summed E-state index contributed by atoms with van der Waals surface area (Å²) in [5, 5.41) is 5.51. The zero-order valence-corrected chi connectivity index (χ0v) is 16.2. The maximum absolute atomic E-state index is 13.5. The van der Waals surface area contributed by atoms with E-state index in [-0.39, 0.29) is 11.6 Å². The number of nitrogens with zero attached hydrogens (tertiary/aromatic N) is 2. The molecular weight excluding hydrogens is 426 g/mol. The molecule has 6 nitrogen and oxygen atoms in total. The first kappa shape index (κ1) is 21.0. The lowest BCUT2D eigenvalue weighted by Crippen LogP contribution is -2.20. The van der Waals surface area contributed by atoms with Crippen molar-refractivity contribution < 1.29 is 22.4 Å². The zero-order valence-electron chi connectivity index (χ0n) is 16.2. The Labute approximate surface area is 179 Å². The van der Waals surface area contributed by atoms with Crippen molar-refractivity contribution >= 4 is 34.3 Å². The summed E-state index contributed by atoms with van der Waals surface area (Å²) in [5.74, 6) is -0.922. The van der Waals surface area contributed by atoms with Crippen molar-refractivity contribution in [2.75, 3.05) is 16.4 Å². The van der Waals surface area contributed by atoms with Gasteiger partial charge in [-0.15, -0.1) is 0 Å². The summed E-state index contributed by atoms with van der Waals surface area (Å²) in [5.41, 5.74) is 6.93. The number of carbonyl (C=O) groups excluding carboxylic acids is 1. The number of fused-ring (bicyclic) bond motifs is 1. The molecule has 0 unspecified atom stereocenters. The third-order valence-electron chi connectivity index (χ3n) is 4.56. The number of nitrogen functional groups attached to an aromatic ring is 1. The Morgan fingerprint density at radius 3 is 2.28 bits per heavy atom. The fourth-order valence-corrected chi connectivity index (χ4v) is 3.09. The van der Waals surface area contributed by atoms with Crippen LogP contribution in [0, 0.1) is 5.82 Å². The van der Waals surface area contributed by atoms with Gasteiger partial charge in [-0.2, -0.15) is 13.2 Å². The summed E-state index contributed by atoms with van der Waals surface area (Å²) in [6.07, 6.45) is -3.11. The first-order valence-electron chi connectivity index (χ1n) is 9.26. The van der Waals surface area contributed by atoms with Crippen molar-refractivity contribution in [1.29, 1.82) is 0 Å². The number of hydrogen-bond acceptors (Lipinski definition) is 4. The van der Waals surface area contributed by atoms with Gasteiger partial charge in [-0.3, -0.25) is 0 Å². The van der Waals surface area contributed by atoms with Gasteiger partial charge in [0.15, 0.2) is 0 Å². The van der Waals surface area contributed by atoms with Gasteiger partial charge in [0.05, 0.1) is 11.1 Å². The summed E-state index contributed by atoms with van der Waals surface area (Å²) in [6, 6.07) is 13.4. The van der Waals surface area contributed by atoms with Crippen LogP contribution in [0.5, 0.6) is 0 Å². The lowest BCUT2D eigenvalue weighted by molar-refractivity contribution is -0.137. The van der Waals surface area contributed by atoms with Crippen LogP contribution in [0.2, 0.25) is 0 Å². The molecule has 1 aromatic heterocycles. The molecule has 3 aromatic carbocycles. The van der Waals surface area contributed by atoms with Crippen LogP contribution in [0.1, 0.15) is 5.56 Å². The molecule has 0 aliphatic rings. The van der Waals surface area contributed by atoms with Crippen molar-refractivity contribution in [3.63, 3.8) is 0 Å². The minimum atomic E-state index is -4.73. The van der Waals surface area contributed by atoms with Gasteiger partial charge < -0.3 is 16.4 Å². The van der Waals surface area contributed by atoms with Crippen LogP contribution in [0.15, 0.2) is 66.9 Å². The van der Waals surface area contributed by atoms with Crippen molar-refractivity contribution in [2.45, 2.75) is 6.18 Å². The third-order valence-corrected chi connectivity index (χ3v) is 4.56. The Morgan fingerprint density at radius 1 is 0.875 bits per heavy atom. The van der Waals surface area contributed by atoms with E-state index in [9.17, 15) is 22.4 Å². The number of nitrogens with two attached hydrogens (primary N) is 1. The van der Waals surface area contributed by atoms with Gasteiger partial charge in [-0.25, -0.2) is 19.2 Å². The zero-order chi connectivity index (χ0) is 22.9. The standard InChI is InChI=1S/C22H15F4N5O/c23-16-8-15(22(24,25)26)9-18(10-16)30-21(32)29-17-4-1-12(2-5-17)13-3-6-19-14(7-13)11-28-20(27)31-19/h1-11H,(H2,27,28,31)(H2,29,30,32). The Balaban J connectivity index is 1.46. The van der Waals surface area contributed by atoms with Gasteiger partial charge in [0, 0.05) is 23.0 Å². The lowest BCUT2D eigenvalue weighted by Gasteiger charge is -2.12. The summed E-state index contributed by atoms with van der Waals surface area (Å²) in [4.78, 5) is 20.2. The average Bonchev–Trinajstić information content (AvgIpc) is 2.73. The van der Waals surface area contributed by atoms with Crippen molar-refractivity contribution in [3.05, 3.63) is 78.2 Å². The van der Waals surface area contributed by atoms with E-state index in [1.165, 1.54) is 0 Å². The Morgan fingerprint density at radius 2 is 1.56 bits per heavy atom. The number of urea groups is 1. The number of halogens is 4. The molecule has 0 fully saturated rings. The maximum Gasteiger partial charge on any atom is 0.416 e. The molecule has 0 aliphatic carbocycles. The fourth-order valence-electron chi connectivity index (χ4n) is 3.09. The van der Waals surface area contributed by atoms with Crippen LogP contribution >= 0.6 is 0 Å². The van der Waals surface area contributed by atoms with Crippen LogP contribution in [-0.2, 0) is 6.18 Å². The summed E-state index contributed by atoms with van der Waals surface area (Å²) < 4.78 is 51.9. The highest BCUT2D eigenvalue weighted by Gasteiger charge is 2.31. The molecule has 2 amide bonds. The van der Waals surface area contributed by atoms with Crippen LogP contribution in [-0.4, -0.2) is 16.0 Å². The van der Waals surface area contributed by atoms with E-state index in [0.29, 0.717) is 23.3 Å². The second-order valence-corrected chi connectivity index (χ2v) is 6.88. The SMILES string of the molecule is Nc1ncc2cc(-c3ccc(NC(=O)Nc4cc(F)cc(C(F)(F)F)c4)cc3)ccc2n1. The van der Waals surface area contributed by atoms with Crippen LogP contribution in [0.25, 0.3) is 22.0 Å². The molecule has 1 heterocycles. The third kappa shape index (κ3) is 4.75. The van der Waals surface area contributed by atoms with Gasteiger partial charge in [-0.05, 0) is 53.6 Å². The molecular formula is C22H15F4N5O. The quantitative estimate of drug-likeness (QED) is 0.357. The molecule has 162 valence electrons. The topological polar surface area (TPSA) is 92.9 Å². The highest BCUT2D eigenvalue weighted by molar-refractivity contribution is 6.00. The summed E-state index contributed by atoms with van der Waals surface area (Å²) in [7, 11) is 0. The smallest absolute Gasteiger partial charge is 0.368 e. The number of anilines is 3. The van der Waals surface area contributed by atoms with Gasteiger partial charge in [0.2, 0.25) is 5.95 Å². The molecule has 4 N–H and O–H groups in total. The Bertz CT molecular complexity index is 1310. The van der Waals surface area contributed by atoms with E-state index in [1.807, 2.05) is 18.2 Å². The van der Waals surface area contributed by atoms with Crippen LogP contribution in [0.4, 0.5) is 39.7 Å². The van der Waals surface area contributed by atoms with Crippen molar-refractivity contribution in [2.24, 2.45) is 0 Å². The highest BCUT2D eigenvalue weighted by atomic mass is 19.4. The number of rotatable bonds is 3. The largest absolute Gasteiger partial charge is 0.416 e. The first-order valence-corrected chi connectivity index (χ1v) is 9.26. The second kappa shape index (κ2) is 8.14. The van der Waals surface area contributed by atoms with Crippen LogP contribution in [0.3, 0.4) is 0 Å². The summed E-state index contributed by atoms with van der Waals surface area (Å²) >= 11 is 0. The van der Waals surface area contributed by atoms with E-state index < -0.39 is 23.6 Å². The Hall–Kier alpha value is -4.21. The monoisotopic (exact) mass is 441 g/mol. The van der Waals surface area contributed by atoms with Gasteiger partial charge >= 0.3 is 12.2 Å². The lowest BCUT2D eigenvalue weighted by atomic mass is 10.0. The number of hydrogen-bond donors (Lipinski definition) is 3. The molecule has 0 saturated heterocycles. The highest BCUT2D eigenvalue weighted by Crippen LogP contribution is 2.32. The van der Waals surface area contributed by atoms with Gasteiger partial charge in [-0.1, -0.05) is 18.2 Å². The molecule has 4 rings (SSSR count). The number of carbonyl (C=O) groups is 1. The van der Waals surface area contributed by atoms with Gasteiger partial charge in [0.25, 0.3) is 0 Å². The molecule has 0 saturated carbocycles. The normalized spacial score (nSPS) is 11.4. The second-order valence-electron chi connectivity index (χ2n) is 6.88. The van der Waals surface area contributed by atoms with E-state index in [0.717, 1.165) is 22.6 Å². The fraction of sp³-hybridized carbons (Fsp3) is 0.0455. The summed E-state index contributed by atoms with van der Waals surface area (Å²) in [6.45, 7) is 0. The van der Waals surface area contributed by atoms with Crippen molar-refractivity contribution in [3.8, 4) is 11.1 Å². The number of aromatic nitrogens is 2. The van der Waals surface area contributed by atoms with Crippen LogP contribution < -0.4 is 16.4 Å². The predicted molar refractivity (Wildman–Crippen MR) is 113 cm³/mol. The number of benzene rings is 3. The van der Waals surface area contributed by atoms with Gasteiger partial charge in [0.1, 0.15) is 5.82 Å². The number of alkyl halides is 3. The molecule has 32 heavy (non-hydrogen) atoms. The van der Waals surface area contributed by atoms with Crippen molar-refractivity contribution in [1.82, 2.24) is 9.97 Å². The van der Waals surface area contributed by atoms with E-state index in [2.05, 4.69) is 20.6 Å². The first-order chi connectivity index (χ1) is 15.2. The number of nitrogens with one attached hydrogen (secondary N) is 2. The number of amides is 2. The van der Waals surface area contributed by atoms with E-state index in [4.69, 9.17) is 5.73 Å². The van der Waals surface area contributed by atoms with E-state index >= 15 is 0 Å².